The summed E-state index contributed by atoms with van der Waals surface area (Å²) in [6, 6.07) is 1.17. The first-order valence-electron chi connectivity index (χ1n) is 7.09. The number of nitrogens with zero attached hydrogens (tertiary/aromatic N) is 1. The van der Waals surface area contributed by atoms with E-state index in [1.807, 2.05) is 0 Å². The molecule has 1 unspecified atom stereocenters. The maximum atomic E-state index is 6.15. The third kappa shape index (κ3) is 4.84. The highest BCUT2D eigenvalue weighted by Gasteiger charge is 2.22. The van der Waals surface area contributed by atoms with E-state index in [1.165, 1.54) is 44.9 Å². The van der Waals surface area contributed by atoms with Crippen LogP contribution in [0.4, 0.5) is 0 Å². The van der Waals surface area contributed by atoms with Crippen molar-refractivity contribution in [3.8, 4) is 0 Å². The summed E-state index contributed by atoms with van der Waals surface area (Å²) < 4.78 is 0. The van der Waals surface area contributed by atoms with Crippen LogP contribution in [0.1, 0.15) is 58.8 Å². The van der Waals surface area contributed by atoms with E-state index in [0.717, 1.165) is 18.5 Å². The molecule has 96 valence electrons. The number of hydrogen-bond donors (Lipinski definition) is 1. The zero-order valence-electron chi connectivity index (χ0n) is 11.4. The van der Waals surface area contributed by atoms with Crippen molar-refractivity contribution in [1.29, 1.82) is 0 Å². The number of rotatable bonds is 6. The summed E-state index contributed by atoms with van der Waals surface area (Å²) in [6.07, 6.45) is 9.27. The van der Waals surface area contributed by atoms with Gasteiger partial charge in [-0.1, -0.05) is 26.7 Å². The van der Waals surface area contributed by atoms with Gasteiger partial charge in [-0.15, -0.1) is 0 Å². The fraction of sp³-hybridized carbons (Fsp3) is 1.00. The Hall–Kier alpha value is -0.0800. The summed E-state index contributed by atoms with van der Waals surface area (Å²) in [6.45, 7) is 5.70. The van der Waals surface area contributed by atoms with Crippen LogP contribution >= 0.6 is 0 Å². The second kappa shape index (κ2) is 7.29. The van der Waals surface area contributed by atoms with Gasteiger partial charge in [0.15, 0.2) is 0 Å². The SMILES string of the molecule is CCCCC(N)CN(C)C1CCC(C)CC1. The van der Waals surface area contributed by atoms with Gasteiger partial charge in [-0.05, 0) is 45.1 Å². The molecule has 1 fully saturated rings. The molecule has 2 nitrogen and oxygen atoms in total. The first-order valence-corrected chi connectivity index (χ1v) is 7.09. The Bertz CT molecular complexity index is 174. The minimum Gasteiger partial charge on any atom is -0.327 e. The predicted molar refractivity (Wildman–Crippen MR) is 71.6 cm³/mol. The minimum atomic E-state index is 0.379. The van der Waals surface area contributed by atoms with Crippen molar-refractivity contribution in [2.45, 2.75) is 70.9 Å². The predicted octanol–water partition coefficient (Wildman–Crippen LogP) is 3.01. The second-order valence-electron chi connectivity index (χ2n) is 5.76. The molecule has 0 aliphatic heterocycles. The molecule has 0 heterocycles. The van der Waals surface area contributed by atoms with Gasteiger partial charge in [0.2, 0.25) is 0 Å². The Morgan fingerprint density at radius 3 is 2.44 bits per heavy atom. The highest BCUT2D eigenvalue weighted by Crippen LogP contribution is 2.26. The van der Waals surface area contributed by atoms with Crippen LogP contribution in [-0.4, -0.2) is 30.6 Å². The highest BCUT2D eigenvalue weighted by molar-refractivity contribution is 4.78. The molecule has 0 aromatic rings. The Labute approximate surface area is 102 Å². The minimum absolute atomic E-state index is 0.379. The molecule has 0 bridgehead atoms. The fourth-order valence-electron chi connectivity index (χ4n) is 2.76. The molecular formula is C14H30N2. The average molecular weight is 226 g/mol. The van der Waals surface area contributed by atoms with Crippen LogP contribution in [0.15, 0.2) is 0 Å². The third-order valence-corrected chi connectivity index (χ3v) is 4.06. The van der Waals surface area contributed by atoms with Crippen LogP contribution in [0.5, 0.6) is 0 Å². The van der Waals surface area contributed by atoms with E-state index in [-0.39, 0.29) is 0 Å². The zero-order valence-corrected chi connectivity index (χ0v) is 11.4. The van der Waals surface area contributed by atoms with Crippen LogP contribution in [0.3, 0.4) is 0 Å². The van der Waals surface area contributed by atoms with Gasteiger partial charge in [0, 0.05) is 18.6 Å². The van der Waals surface area contributed by atoms with Crippen LogP contribution in [0.2, 0.25) is 0 Å². The average Bonchev–Trinajstić information content (AvgIpc) is 2.27. The molecule has 0 radical (unpaired) electrons. The number of nitrogens with two attached hydrogens (primary N) is 1. The van der Waals surface area contributed by atoms with Gasteiger partial charge in [0.1, 0.15) is 0 Å². The van der Waals surface area contributed by atoms with E-state index in [4.69, 9.17) is 5.73 Å². The standard InChI is InChI=1S/C14H30N2/c1-4-5-6-13(15)11-16(3)14-9-7-12(2)8-10-14/h12-14H,4-11,15H2,1-3H3. The molecular weight excluding hydrogens is 196 g/mol. The Morgan fingerprint density at radius 2 is 1.88 bits per heavy atom. The Morgan fingerprint density at radius 1 is 1.25 bits per heavy atom. The molecule has 1 aliphatic rings. The van der Waals surface area contributed by atoms with Crippen molar-refractivity contribution in [1.82, 2.24) is 4.90 Å². The Kier molecular flexibility index (Phi) is 6.37. The molecule has 1 saturated carbocycles. The van der Waals surface area contributed by atoms with Crippen molar-refractivity contribution in [2.24, 2.45) is 11.7 Å². The lowest BCUT2D eigenvalue weighted by molar-refractivity contribution is 0.160. The van der Waals surface area contributed by atoms with Crippen LogP contribution in [0, 0.1) is 5.92 Å². The van der Waals surface area contributed by atoms with Crippen LogP contribution in [-0.2, 0) is 0 Å². The van der Waals surface area contributed by atoms with Gasteiger partial charge in [0.05, 0.1) is 0 Å². The lowest BCUT2D eigenvalue weighted by Gasteiger charge is -2.34. The topological polar surface area (TPSA) is 29.3 Å². The maximum Gasteiger partial charge on any atom is 0.0167 e. The quantitative estimate of drug-likeness (QED) is 0.754. The van der Waals surface area contributed by atoms with Gasteiger partial charge in [0.25, 0.3) is 0 Å². The molecule has 1 rings (SSSR count). The van der Waals surface area contributed by atoms with Crippen molar-refractivity contribution in [2.75, 3.05) is 13.6 Å². The molecule has 1 aliphatic carbocycles. The lowest BCUT2D eigenvalue weighted by atomic mass is 9.86. The lowest BCUT2D eigenvalue weighted by Crippen LogP contribution is -2.42. The zero-order chi connectivity index (χ0) is 12.0. The molecule has 0 aromatic heterocycles. The molecule has 0 saturated heterocycles. The molecule has 1 atom stereocenters. The summed E-state index contributed by atoms with van der Waals surface area (Å²) in [7, 11) is 2.26. The number of hydrogen-bond acceptors (Lipinski definition) is 2. The summed E-state index contributed by atoms with van der Waals surface area (Å²) in [4.78, 5) is 2.51. The fourth-order valence-corrected chi connectivity index (χ4v) is 2.76. The van der Waals surface area contributed by atoms with Gasteiger partial charge < -0.3 is 10.6 Å². The molecule has 2 heteroatoms. The van der Waals surface area contributed by atoms with E-state index < -0.39 is 0 Å². The molecule has 2 N–H and O–H groups in total. The first-order chi connectivity index (χ1) is 7.63. The largest absolute Gasteiger partial charge is 0.327 e. The number of likely N-dealkylation sites (N-methyl/N-ethyl adjacent to an activating group) is 1. The molecule has 16 heavy (non-hydrogen) atoms. The van der Waals surface area contributed by atoms with Crippen LogP contribution < -0.4 is 5.73 Å². The van der Waals surface area contributed by atoms with E-state index in [9.17, 15) is 0 Å². The third-order valence-electron chi connectivity index (χ3n) is 4.06. The first kappa shape index (κ1) is 14.0. The van der Waals surface area contributed by atoms with Crippen molar-refractivity contribution >= 4 is 0 Å². The molecule has 0 spiro atoms. The maximum absolute atomic E-state index is 6.15. The molecule has 0 amide bonds. The summed E-state index contributed by atoms with van der Waals surface area (Å²) >= 11 is 0. The van der Waals surface area contributed by atoms with Gasteiger partial charge in [-0.25, -0.2) is 0 Å². The van der Waals surface area contributed by atoms with E-state index >= 15 is 0 Å². The Balaban J connectivity index is 2.20. The van der Waals surface area contributed by atoms with Crippen molar-refractivity contribution < 1.29 is 0 Å². The second-order valence-corrected chi connectivity index (χ2v) is 5.76. The monoisotopic (exact) mass is 226 g/mol. The smallest absolute Gasteiger partial charge is 0.0167 e. The normalized spacial score (nSPS) is 28.3. The van der Waals surface area contributed by atoms with Crippen molar-refractivity contribution in [3.05, 3.63) is 0 Å². The van der Waals surface area contributed by atoms with Crippen LogP contribution in [0.25, 0.3) is 0 Å². The summed E-state index contributed by atoms with van der Waals surface area (Å²) in [5.41, 5.74) is 6.15. The number of unbranched alkanes of at least 4 members (excludes halogenated alkanes) is 1. The van der Waals surface area contributed by atoms with Gasteiger partial charge >= 0.3 is 0 Å². The molecule has 0 aromatic carbocycles. The van der Waals surface area contributed by atoms with E-state index in [0.29, 0.717) is 6.04 Å². The summed E-state index contributed by atoms with van der Waals surface area (Å²) in [5.74, 6) is 0.943. The highest BCUT2D eigenvalue weighted by atomic mass is 15.1. The summed E-state index contributed by atoms with van der Waals surface area (Å²) in [5, 5.41) is 0. The van der Waals surface area contributed by atoms with Crippen molar-refractivity contribution in [3.63, 3.8) is 0 Å². The van der Waals surface area contributed by atoms with E-state index in [2.05, 4.69) is 25.8 Å². The van der Waals surface area contributed by atoms with Gasteiger partial charge in [-0.3, -0.25) is 0 Å². The van der Waals surface area contributed by atoms with Gasteiger partial charge in [-0.2, -0.15) is 0 Å². The van der Waals surface area contributed by atoms with E-state index in [1.54, 1.807) is 0 Å².